The van der Waals surface area contributed by atoms with Crippen molar-refractivity contribution in [3.05, 3.63) is 131 Å². The normalized spacial score (nSPS) is 18.5. The first-order chi connectivity index (χ1) is 18.0. The Labute approximate surface area is 218 Å². The number of aliphatic hydroxyl groups excluding tert-OH is 1. The Hall–Kier alpha value is -3.64. The number of ether oxygens (including phenoxy) is 4. The van der Waals surface area contributed by atoms with Gasteiger partial charge in [0.25, 0.3) is 0 Å². The van der Waals surface area contributed by atoms with Crippen molar-refractivity contribution in [2.45, 2.75) is 51.7 Å². The van der Waals surface area contributed by atoms with Crippen molar-refractivity contribution in [1.29, 1.82) is 0 Å². The van der Waals surface area contributed by atoms with Gasteiger partial charge in [0.2, 0.25) is 0 Å². The lowest BCUT2D eigenvalue weighted by molar-refractivity contribution is -0.147. The summed E-state index contributed by atoms with van der Waals surface area (Å²) in [4.78, 5) is 0. The van der Waals surface area contributed by atoms with Gasteiger partial charge in [0.05, 0.1) is 6.61 Å². The first kappa shape index (κ1) is 25.0. The maximum atomic E-state index is 9.45. The van der Waals surface area contributed by atoms with E-state index in [1.54, 1.807) is 0 Å². The molecule has 4 aromatic rings. The smallest absolute Gasteiger partial charge is 0.164 e. The fraction of sp³-hybridized carbons (Fsp3) is 0.250. The molecular formula is C32H32O5. The Kier molecular flexibility index (Phi) is 7.56. The van der Waals surface area contributed by atoms with Crippen LogP contribution in [0.25, 0.3) is 0 Å². The van der Waals surface area contributed by atoms with E-state index in [-0.39, 0.29) is 18.8 Å². The van der Waals surface area contributed by atoms with E-state index in [0.717, 1.165) is 27.8 Å². The highest BCUT2D eigenvalue weighted by Gasteiger charge is 2.43. The lowest BCUT2D eigenvalue weighted by Gasteiger charge is -2.20. The topological polar surface area (TPSA) is 57.2 Å². The van der Waals surface area contributed by atoms with Crippen LogP contribution in [0.3, 0.4) is 0 Å². The molecule has 2 atom stereocenters. The maximum absolute atomic E-state index is 9.45. The number of hydrogen-bond acceptors (Lipinski definition) is 5. The standard InChI is InChI=1S/C32H32O5/c1-32(2)36-30(26-15-13-23(20-33)14-16-26)31(37-32)27-17-28(34-21-24-9-5-3-6-10-24)19-29(18-27)35-22-25-11-7-4-8-12-25/h3-19,30-31,33H,20-22H2,1-2H3/t30-,31-/m1/s1. The fourth-order valence-corrected chi connectivity index (χ4v) is 4.47. The van der Waals surface area contributed by atoms with Gasteiger partial charge in [-0.3, -0.25) is 0 Å². The van der Waals surface area contributed by atoms with E-state index in [1.807, 2.05) is 117 Å². The predicted octanol–water partition coefficient (Wildman–Crippen LogP) is 6.90. The summed E-state index contributed by atoms with van der Waals surface area (Å²) in [6.45, 7) is 4.74. The Morgan fingerprint density at radius 1 is 0.622 bits per heavy atom. The molecule has 0 unspecified atom stereocenters. The van der Waals surface area contributed by atoms with Gasteiger partial charge < -0.3 is 24.1 Å². The molecule has 1 aliphatic rings. The number of aliphatic hydroxyl groups is 1. The molecule has 37 heavy (non-hydrogen) atoms. The summed E-state index contributed by atoms with van der Waals surface area (Å²) >= 11 is 0. The molecule has 0 saturated carbocycles. The summed E-state index contributed by atoms with van der Waals surface area (Å²) < 4.78 is 25.2. The molecule has 0 spiro atoms. The molecule has 1 heterocycles. The molecule has 1 saturated heterocycles. The van der Waals surface area contributed by atoms with Crippen LogP contribution in [0.1, 0.15) is 53.9 Å². The van der Waals surface area contributed by atoms with Gasteiger partial charge in [0.15, 0.2) is 5.79 Å². The highest BCUT2D eigenvalue weighted by atomic mass is 16.8. The van der Waals surface area contributed by atoms with Crippen molar-refractivity contribution in [3.63, 3.8) is 0 Å². The summed E-state index contributed by atoms with van der Waals surface area (Å²) in [5, 5.41) is 9.45. The third-order valence-electron chi connectivity index (χ3n) is 6.31. The second-order valence-electron chi connectivity index (χ2n) is 9.66. The Morgan fingerprint density at radius 2 is 1.11 bits per heavy atom. The van der Waals surface area contributed by atoms with Crippen LogP contribution in [0.15, 0.2) is 103 Å². The zero-order valence-electron chi connectivity index (χ0n) is 21.2. The van der Waals surface area contributed by atoms with Crippen LogP contribution in [0.4, 0.5) is 0 Å². The average Bonchev–Trinajstić information content (AvgIpc) is 3.27. The van der Waals surface area contributed by atoms with E-state index < -0.39 is 5.79 Å². The van der Waals surface area contributed by atoms with Gasteiger partial charge in [-0.25, -0.2) is 0 Å². The van der Waals surface area contributed by atoms with Gasteiger partial charge in [-0.05, 0) is 53.8 Å². The van der Waals surface area contributed by atoms with Crippen molar-refractivity contribution in [2.24, 2.45) is 0 Å². The van der Waals surface area contributed by atoms with Gasteiger partial charge in [0.1, 0.15) is 36.9 Å². The van der Waals surface area contributed by atoms with Gasteiger partial charge in [-0.2, -0.15) is 0 Å². The van der Waals surface area contributed by atoms with E-state index in [9.17, 15) is 5.11 Å². The first-order valence-electron chi connectivity index (χ1n) is 12.5. The quantitative estimate of drug-likeness (QED) is 0.273. The number of hydrogen-bond donors (Lipinski definition) is 1. The largest absolute Gasteiger partial charge is 0.489 e. The van der Waals surface area contributed by atoms with Crippen molar-refractivity contribution >= 4 is 0 Å². The monoisotopic (exact) mass is 496 g/mol. The predicted molar refractivity (Wildman–Crippen MR) is 142 cm³/mol. The summed E-state index contributed by atoms with van der Waals surface area (Å²) in [5.74, 6) is 0.635. The fourth-order valence-electron chi connectivity index (χ4n) is 4.47. The van der Waals surface area contributed by atoms with Crippen LogP contribution >= 0.6 is 0 Å². The van der Waals surface area contributed by atoms with Crippen LogP contribution in [0, 0.1) is 0 Å². The minimum atomic E-state index is -0.767. The zero-order chi connectivity index (χ0) is 25.7. The van der Waals surface area contributed by atoms with Crippen LogP contribution < -0.4 is 9.47 Å². The molecular weight excluding hydrogens is 464 g/mol. The minimum Gasteiger partial charge on any atom is -0.489 e. The second-order valence-corrected chi connectivity index (χ2v) is 9.66. The van der Waals surface area contributed by atoms with E-state index in [0.29, 0.717) is 24.7 Å². The highest BCUT2D eigenvalue weighted by Crippen LogP contribution is 2.48. The number of rotatable bonds is 9. The van der Waals surface area contributed by atoms with E-state index in [2.05, 4.69) is 0 Å². The third-order valence-corrected chi connectivity index (χ3v) is 6.31. The van der Waals surface area contributed by atoms with Gasteiger partial charge in [-0.1, -0.05) is 84.9 Å². The molecule has 5 nitrogen and oxygen atoms in total. The molecule has 1 fully saturated rings. The molecule has 0 radical (unpaired) electrons. The third kappa shape index (κ3) is 6.38. The molecule has 5 rings (SSSR count). The maximum Gasteiger partial charge on any atom is 0.164 e. The van der Waals surface area contributed by atoms with Crippen molar-refractivity contribution in [3.8, 4) is 11.5 Å². The summed E-state index contributed by atoms with van der Waals surface area (Å²) in [6, 6.07) is 33.9. The van der Waals surface area contributed by atoms with E-state index >= 15 is 0 Å². The van der Waals surface area contributed by atoms with Gasteiger partial charge in [0, 0.05) is 6.07 Å². The van der Waals surface area contributed by atoms with Gasteiger partial charge >= 0.3 is 0 Å². The summed E-state index contributed by atoms with van der Waals surface area (Å²) in [7, 11) is 0. The van der Waals surface area contributed by atoms with E-state index in [4.69, 9.17) is 18.9 Å². The lowest BCUT2D eigenvalue weighted by Crippen LogP contribution is -2.20. The molecule has 5 heteroatoms. The molecule has 1 aliphatic heterocycles. The molecule has 1 N–H and O–H groups in total. The Balaban J connectivity index is 1.45. The SMILES string of the molecule is CC1(C)O[C@H](c2ccc(CO)cc2)[C@@H](c2cc(OCc3ccccc3)cc(OCc3ccccc3)c2)O1. The molecule has 0 bridgehead atoms. The Bertz CT molecular complexity index is 1220. The molecule has 0 aliphatic carbocycles. The molecule has 4 aromatic carbocycles. The first-order valence-corrected chi connectivity index (χ1v) is 12.5. The van der Waals surface area contributed by atoms with Crippen LogP contribution in [-0.4, -0.2) is 10.9 Å². The van der Waals surface area contributed by atoms with Crippen LogP contribution in [0.2, 0.25) is 0 Å². The van der Waals surface area contributed by atoms with Crippen LogP contribution in [-0.2, 0) is 29.3 Å². The minimum absolute atomic E-state index is 0.000136. The highest BCUT2D eigenvalue weighted by molar-refractivity contribution is 5.41. The molecule has 0 amide bonds. The summed E-state index contributed by atoms with van der Waals surface area (Å²) in [5.41, 5.74) is 4.92. The van der Waals surface area contributed by atoms with Crippen molar-refractivity contribution in [2.75, 3.05) is 0 Å². The van der Waals surface area contributed by atoms with Gasteiger partial charge in [-0.15, -0.1) is 0 Å². The van der Waals surface area contributed by atoms with Crippen LogP contribution in [0.5, 0.6) is 11.5 Å². The Morgan fingerprint density at radius 3 is 1.59 bits per heavy atom. The zero-order valence-corrected chi connectivity index (χ0v) is 21.2. The number of benzene rings is 4. The van der Waals surface area contributed by atoms with Crippen molar-refractivity contribution < 1.29 is 24.1 Å². The van der Waals surface area contributed by atoms with Crippen molar-refractivity contribution in [1.82, 2.24) is 0 Å². The van der Waals surface area contributed by atoms with E-state index in [1.165, 1.54) is 0 Å². The lowest BCUT2D eigenvalue weighted by atomic mass is 9.97. The second kappa shape index (κ2) is 11.2. The average molecular weight is 497 g/mol. The molecule has 0 aromatic heterocycles. The summed E-state index contributed by atoms with van der Waals surface area (Å²) in [6.07, 6.45) is -0.691. The molecule has 190 valence electrons.